The maximum absolute atomic E-state index is 12.1. The fraction of sp³-hybridized carbons (Fsp3) is 0.500. The van der Waals surface area contributed by atoms with Gasteiger partial charge in [-0.25, -0.2) is 9.78 Å². The highest BCUT2D eigenvalue weighted by Gasteiger charge is 2.20. The summed E-state index contributed by atoms with van der Waals surface area (Å²) >= 11 is 6.79. The number of benzene rings is 1. The van der Waals surface area contributed by atoms with Crippen molar-refractivity contribution >= 4 is 39.9 Å². The number of anilines is 1. The van der Waals surface area contributed by atoms with Gasteiger partial charge in [0, 0.05) is 19.1 Å². The van der Waals surface area contributed by atoms with Crippen molar-refractivity contribution < 1.29 is 24.3 Å². The minimum Gasteiger partial charge on any atom is -0.481 e. The van der Waals surface area contributed by atoms with Gasteiger partial charge >= 0.3 is 5.97 Å². The third-order valence-corrected chi connectivity index (χ3v) is 5.42. The Bertz CT molecular complexity index is 888. The Balaban J connectivity index is 0.000000482. The monoisotopic (exact) mass is 485 g/mol. The number of thiazole rings is 1. The van der Waals surface area contributed by atoms with Crippen molar-refractivity contribution in [1.82, 2.24) is 10.0 Å². The molecule has 0 saturated carbocycles. The fourth-order valence-electron chi connectivity index (χ4n) is 2.44. The van der Waals surface area contributed by atoms with Gasteiger partial charge in [0.05, 0.1) is 12.3 Å². The first-order valence-corrected chi connectivity index (χ1v) is 11.5. The molecule has 0 bridgehead atoms. The number of carbonyl (C=O) groups excluding carboxylic acids is 1. The van der Waals surface area contributed by atoms with Crippen LogP contribution in [0, 0.1) is 13.8 Å². The number of carbonyl (C=O) groups is 2. The summed E-state index contributed by atoms with van der Waals surface area (Å²) in [6.07, 6.45) is 2.94. The van der Waals surface area contributed by atoms with Crippen molar-refractivity contribution in [3.05, 3.63) is 39.4 Å². The second-order valence-electron chi connectivity index (χ2n) is 7.25. The average Bonchev–Trinajstić information content (AvgIpc) is 3.08. The van der Waals surface area contributed by atoms with E-state index in [1.807, 2.05) is 21.0 Å². The topological polar surface area (TPSA) is 101 Å². The van der Waals surface area contributed by atoms with E-state index in [1.54, 1.807) is 37.1 Å². The molecule has 1 heterocycles. The molecule has 8 nitrogen and oxygen atoms in total. The smallest absolute Gasteiger partial charge is 0.347 e. The number of ether oxygens (including phenoxy) is 1. The Labute approximate surface area is 198 Å². The number of amides is 1. The van der Waals surface area contributed by atoms with Crippen LogP contribution in [0.2, 0.25) is 5.02 Å². The Morgan fingerprint density at radius 2 is 1.97 bits per heavy atom. The third kappa shape index (κ3) is 9.95. The Morgan fingerprint density at radius 1 is 1.28 bits per heavy atom. The summed E-state index contributed by atoms with van der Waals surface area (Å²) in [7, 11) is 3.82. The number of carboxylic acid groups (broad SMARTS) is 1. The number of hydroxylamine groups is 2. The van der Waals surface area contributed by atoms with E-state index in [0.717, 1.165) is 23.5 Å². The molecule has 0 aliphatic carbocycles. The minimum atomic E-state index is -1.07. The minimum absolute atomic E-state index is 0.0995. The van der Waals surface area contributed by atoms with E-state index in [-0.39, 0.29) is 10.0 Å². The number of unbranched alkanes of at least 4 members (excludes halogenated alkanes) is 2. The van der Waals surface area contributed by atoms with Crippen LogP contribution in [0.1, 0.15) is 54.0 Å². The van der Waals surface area contributed by atoms with Gasteiger partial charge < -0.3 is 9.84 Å². The van der Waals surface area contributed by atoms with E-state index in [0.29, 0.717) is 16.5 Å². The number of hydrogen-bond donors (Lipinski definition) is 2. The van der Waals surface area contributed by atoms with Gasteiger partial charge in [0.25, 0.3) is 5.91 Å². The predicted octanol–water partition coefficient (Wildman–Crippen LogP) is 5.19. The highest BCUT2D eigenvalue weighted by atomic mass is 35.5. The highest BCUT2D eigenvalue weighted by molar-refractivity contribution is 7.17. The lowest BCUT2D eigenvalue weighted by molar-refractivity contribution is -0.122. The van der Waals surface area contributed by atoms with Crippen molar-refractivity contribution in [1.29, 1.82) is 0 Å². The fourth-order valence-corrected chi connectivity index (χ4v) is 3.48. The zero-order valence-electron chi connectivity index (χ0n) is 19.4. The molecule has 1 atom stereocenters. The number of nitrogens with one attached hydrogen (secondary N) is 1. The van der Waals surface area contributed by atoms with Crippen LogP contribution in [0.25, 0.3) is 0 Å². The Morgan fingerprint density at radius 3 is 2.50 bits per heavy atom. The average molecular weight is 486 g/mol. The van der Waals surface area contributed by atoms with Crippen LogP contribution in [0.4, 0.5) is 5.13 Å². The van der Waals surface area contributed by atoms with Crippen molar-refractivity contribution in [3.8, 4) is 5.75 Å². The SMILES string of the molecule is CCCCCON(C)C.Cc1cc(Cl)ccc1OC(C)C(=O)Nc1nc(C)c(C(=O)O)s1. The number of rotatable bonds is 10. The molecular formula is C22H32ClN3O5S. The number of carboxylic acids is 1. The summed E-state index contributed by atoms with van der Waals surface area (Å²) in [4.78, 5) is 32.4. The molecule has 32 heavy (non-hydrogen) atoms. The molecular weight excluding hydrogens is 454 g/mol. The number of halogens is 1. The molecule has 0 spiro atoms. The summed E-state index contributed by atoms with van der Waals surface area (Å²) in [5.41, 5.74) is 1.18. The zero-order valence-corrected chi connectivity index (χ0v) is 21.0. The molecule has 178 valence electrons. The first-order valence-electron chi connectivity index (χ1n) is 10.3. The molecule has 1 aromatic heterocycles. The largest absolute Gasteiger partial charge is 0.481 e. The highest BCUT2D eigenvalue weighted by Crippen LogP contribution is 2.25. The maximum Gasteiger partial charge on any atom is 0.347 e. The molecule has 0 aliphatic rings. The van der Waals surface area contributed by atoms with Crippen molar-refractivity contribution in [2.24, 2.45) is 0 Å². The van der Waals surface area contributed by atoms with Gasteiger partial charge in [0.2, 0.25) is 0 Å². The lowest BCUT2D eigenvalue weighted by Gasteiger charge is -2.15. The normalized spacial score (nSPS) is 11.5. The third-order valence-electron chi connectivity index (χ3n) is 4.13. The summed E-state index contributed by atoms with van der Waals surface area (Å²) < 4.78 is 5.61. The zero-order chi connectivity index (χ0) is 24.3. The van der Waals surface area contributed by atoms with E-state index in [1.165, 1.54) is 19.3 Å². The number of aryl methyl sites for hydroxylation is 2. The molecule has 0 saturated heterocycles. The lowest BCUT2D eigenvalue weighted by Crippen LogP contribution is -2.30. The summed E-state index contributed by atoms with van der Waals surface area (Å²) in [6.45, 7) is 8.06. The van der Waals surface area contributed by atoms with Gasteiger partial charge in [0.1, 0.15) is 10.6 Å². The number of hydrogen-bond acceptors (Lipinski definition) is 7. The van der Waals surface area contributed by atoms with Crippen LogP contribution in [-0.4, -0.2) is 53.8 Å². The van der Waals surface area contributed by atoms with Crippen LogP contribution < -0.4 is 10.1 Å². The van der Waals surface area contributed by atoms with E-state index in [4.69, 9.17) is 26.3 Å². The van der Waals surface area contributed by atoms with Gasteiger partial charge in [-0.15, -0.1) is 0 Å². The van der Waals surface area contributed by atoms with Crippen LogP contribution in [-0.2, 0) is 9.63 Å². The molecule has 0 aliphatic heterocycles. The van der Waals surface area contributed by atoms with Gasteiger partial charge in [0.15, 0.2) is 11.2 Å². The number of aromatic carboxylic acids is 1. The van der Waals surface area contributed by atoms with E-state index in [9.17, 15) is 9.59 Å². The Hall–Kier alpha value is -2.20. The van der Waals surface area contributed by atoms with Crippen molar-refractivity contribution in [2.45, 2.75) is 53.1 Å². The maximum atomic E-state index is 12.1. The Kier molecular flexibility index (Phi) is 12.2. The molecule has 2 aromatic rings. The first kappa shape index (κ1) is 27.8. The van der Waals surface area contributed by atoms with Crippen LogP contribution in [0.3, 0.4) is 0 Å². The van der Waals surface area contributed by atoms with E-state index >= 15 is 0 Å². The number of nitrogens with zero attached hydrogens (tertiary/aromatic N) is 2. The molecule has 1 amide bonds. The molecule has 10 heteroatoms. The van der Waals surface area contributed by atoms with Gasteiger partial charge in [-0.05, 0) is 51.0 Å². The van der Waals surface area contributed by atoms with Gasteiger partial charge in [-0.2, -0.15) is 5.06 Å². The standard InChI is InChI=1S/C15H15ClN2O4S.C7H17NO/c1-7-6-10(16)4-5-11(7)22-9(3)13(19)18-15-17-8(2)12(23-15)14(20)21;1-4-5-6-7-9-8(2)3/h4-6,9H,1-3H3,(H,20,21)(H,17,18,19);4-7H2,1-3H3. The summed E-state index contributed by atoms with van der Waals surface area (Å²) in [6, 6.07) is 5.11. The predicted molar refractivity (Wildman–Crippen MR) is 128 cm³/mol. The summed E-state index contributed by atoms with van der Waals surface area (Å²) in [5, 5.41) is 14.1. The van der Waals surface area contributed by atoms with Crippen LogP contribution in [0.15, 0.2) is 18.2 Å². The number of aromatic nitrogens is 1. The second-order valence-corrected chi connectivity index (χ2v) is 8.69. The van der Waals surface area contributed by atoms with Gasteiger partial charge in [-0.1, -0.05) is 42.7 Å². The first-order chi connectivity index (χ1) is 15.0. The van der Waals surface area contributed by atoms with E-state index < -0.39 is 18.0 Å². The van der Waals surface area contributed by atoms with Crippen LogP contribution in [0.5, 0.6) is 5.75 Å². The second kappa shape index (κ2) is 14.1. The molecule has 2 rings (SSSR count). The molecule has 0 radical (unpaired) electrons. The van der Waals surface area contributed by atoms with Crippen LogP contribution >= 0.6 is 22.9 Å². The van der Waals surface area contributed by atoms with E-state index in [2.05, 4.69) is 17.2 Å². The molecule has 1 unspecified atom stereocenters. The van der Waals surface area contributed by atoms with Gasteiger partial charge in [-0.3, -0.25) is 14.9 Å². The quantitative estimate of drug-likeness (QED) is 0.353. The molecule has 1 aromatic carbocycles. The lowest BCUT2D eigenvalue weighted by atomic mass is 10.2. The molecule has 2 N–H and O–H groups in total. The molecule has 0 fully saturated rings. The summed E-state index contributed by atoms with van der Waals surface area (Å²) in [5.74, 6) is -0.926. The van der Waals surface area contributed by atoms with Crippen molar-refractivity contribution in [2.75, 3.05) is 26.0 Å². The van der Waals surface area contributed by atoms with Crippen molar-refractivity contribution in [3.63, 3.8) is 0 Å².